The molecule has 0 aliphatic rings. The van der Waals surface area contributed by atoms with Crippen LogP contribution in [0.15, 0.2) is 30.3 Å². The van der Waals surface area contributed by atoms with Crippen molar-refractivity contribution < 1.29 is 35.9 Å². The summed E-state index contributed by atoms with van der Waals surface area (Å²) in [6, 6.07) is 7.43. The summed E-state index contributed by atoms with van der Waals surface area (Å²) in [5.74, 6) is -2.37. The van der Waals surface area contributed by atoms with E-state index in [1.165, 1.54) is 24.3 Å². The minimum atomic E-state index is -5.79. The highest BCUT2D eigenvalue weighted by molar-refractivity contribution is 5.78. The highest BCUT2D eigenvalue weighted by Gasteiger charge is 2.73. The Labute approximate surface area is 110 Å². The summed E-state index contributed by atoms with van der Waals surface area (Å²) >= 11 is 0. The van der Waals surface area contributed by atoms with E-state index < -0.39 is 30.3 Å². The van der Waals surface area contributed by atoms with Crippen molar-refractivity contribution in [3.63, 3.8) is 0 Å². The van der Waals surface area contributed by atoms with Gasteiger partial charge in [0.05, 0.1) is 0 Å². The fourth-order valence-electron chi connectivity index (χ4n) is 1.26. The monoisotopic (exact) mass is 300 g/mol. The molecule has 20 heavy (non-hydrogen) atoms. The van der Waals surface area contributed by atoms with Gasteiger partial charge in [0.15, 0.2) is 0 Å². The van der Waals surface area contributed by atoms with Gasteiger partial charge in [0, 0.05) is 0 Å². The molecule has 8 heteroatoms. The Morgan fingerprint density at radius 3 is 1.85 bits per heavy atom. The van der Waals surface area contributed by atoms with Gasteiger partial charge in [0.25, 0.3) is 5.41 Å². The molecule has 0 saturated carbocycles. The number of hydrogen-bond acceptors (Lipinski definition) is 2. The maximum Gasteiger partial charge on any atom is 0.413 e. The van der Waals surface area contributed by atoms with Gasteiger partial charge in [-0.15, -0.1) is 0 Å². The predicted molar refractivity (Wildman–Crippen MR) is 56.5 cm³/mol. The van der Waals surface area contributed by atoms with Crippen molar-refractivity contribution in [3.05, 3.63) is 35.9 Å². The fraction of sp³-hybridized carbons (Fsp3) is 0.417. The van der Waals surface area contributed by atoms with Crippen molar-refractivity contribution >= 4 is 5.97 Å². The van der Waals surface area contributed by atoms with Crippen LogP contribution in [0.25, 0.3) is 0 Å². The smallest absolute Gasteiger partial charge is 0.413 e. The van der Waals surface area contributed by atoms with Crippen LogP contribution in [0.1, 0.15) is 12.5 Å². The van der Waals surface area contributed by atoms with E-state index in [4.69, 9.17) is 0 Å². The summed E-state index contributed by atoms with van der Waals surface area (Å²) in [6.07, 6.45) is -11.6. The van der Waals surface area contributed by atoms with Gasteiger partial charge in [-0.25, -0.2) is 0 Å². The molecular formula is C12H10F6O2. The van der Waals surface area contributed by atoms with Crippen LogP contribution < -0.4 is 0 Å². The van der Waals surface area contributed by atoms with Crippen LogP contribution in [0.5, 0.6) is 0 Å². The molecule has 0 bridgehead atoms. The third-order valence-corrected chi connectivity index (χ3v) is 2.75. The molecule has 1 rings (SSSR count). The number of esters is 1. The molecule has 0 spiro atoms. The quantitative estimate of drug-likeness (QED) is 0.626. The summed E-state index contributed by atoms with van der Waals surface area (Å²) in [5.41, 5.74) is -4.26. The number of carbonyl (C=O) groups is 1. The van der Waals surface area contributed by atoms with Gasteiger partial charge in [-0.3, -0.25) is 4.79 Å². The van der Waals surface area contributed by atoms with E-state index in [9.17, 15) is 31.1 Å². The van der Waals surface area contributed by atoms with Crippen molar-refractivity contribution in [2.24, 2.45) is 5.41 Å². The lowest BCUT2D eigenvalue weighted by Gasteiger charge is -2.31. The fourth-order valence-corrected chi connectivity index (χ4v) is 1.26. The molecule has 0 amide bonds. The standard InChI is InChI=1S/C12H10F6O2/c1-10(11(13,14)15,12(16,17)18)9(19)20-7-8-5-3-2-4-6-8/h2-6H,7H2,1H3. The maximum absolute atomic E-state index is 12.6. The zero-order valence-electron chi connectivity index (χ0n) is 10.2. The second-order valence-electron chi connectivity index (χ2n) is 4.18. The summed E-state index contributed by atoms with van der Waals surface area (Å²) in [5, 5.41) is 0. The maximum atomic E-state index is 12.6. The van der Waals surface area contributed by atoms with Gasteiger partial charge in [-0.1, -0.05) is 30.3 Å². The Hall–Kier alpha value is -1.73. The van der Waals surface area contributed by atoms with Crippen molar-refractivity contribution in [1.29, 1.82) is 0 Å². The highest BCUT2D eigenvalue weighted by Crippen LogP contribution is 2.50. The normalized spacial score (nSPS) is 13.2. The molecule has 2 nitrogen and oxygen atoms in total. The summed E-state index contributed by atoms with van der Waals surface area (Å²) in [4.78, 5) is 11.3. The molecule has 0 atom stereocenters. The number of benzene rings is 1. The van der Waals surface area contributed by atoms with Crippen LogP contribution in [0.4, 0.5) is 26.3 Å². The second kappa shape index (κ2) is 5.34. The zero-order valence-corrected chi connectivity index (χ0v) is 10.2. The second-order valence-corrected chi connectivity index (χ2v) is 4.18. The van der Waals surface area contributed by atoms with E-state index in [-0.39, 0.29) is 12.5 Å². The minimum absolute atomic E-state index is 0.236. The van der Waals surface area contributed by atoms with Crippen molar-refractivity contribution in [1.82, 2.24) is 0 Å². The van der Waals surface area contributed by atoms with Crippen LogP contribution in [-0.2, 0) is 16.1 Å². The first kappa shape index (κ1) is 16.3. The van der Waals surface area contributed by atoms with Crippen molar-refractivity contribution in [3.8, 4) is 0 Å². The largest absolute Gasteiger partial charge is 0.460 e. The first-order valence-electron chi connectivity index (χ1n) is 5.35. The van der Waals surface area contributed by atoms with Crippen LogP contribution in [0.3, 0.4) is 0 Å². The van der Waals surface area contributed by atoms with Crippen LogP contribution >= 0.6 is 0 Å². The molecule has 0 radical (unpaired) electrons. The summed E-state index contributed by atoms with van der Waals surface area (Å²) in [6.45, 7) is -0.901. The van der Waals surface area contributed by atoms with E-state index in [1.807, 2.05) is 0 Å². The molecule has 0 N–H and O–H groups in total. The molecule has 0 heterocycles. The lowest BCUT2D eigenvalue weighted by molar-refractivity contribution is -0.326. The van der Waals surface area contributed by atoms with Crippen molar-refractivity contribution in [2.75, 3.05) is 0 Å². The molecule has 112 valence electrons. The third kappa shape index (κ3) is 3.05. The highest BCUT2D eigenvalue weighted by atomic mass is 19.4. The van der Waals surface area contributed by atoms with Gasteiger partial charge in [-0.2, -0.15) is 26.3 Å². The average molecular weight is 300 g/mol. The number of carbonyl (C=O) groups excluding carboxylic acids is 1. The molecule has 0 saturated heterocycles. The summed E-state index contributed by atoms with van der Waals surface area (Å²) < 4.78 is 79.5. The van der Waals surface area contributed by atoms with E-state index in [1.54, 1.807) is 6.07 Å². The van der Waals surface area contributed by atoms with E-state index in [0.717, 1.165) is 0 Å². The lowest BCUT2D eigenvalue weighted by atomic mass is 9.89. The van der Waals surface area contributed by atoms with Gasteiger partial charge < -0.3 is 4.74 Å². The Morgan fingerprint density at radius 1 is 1.00 bits per heavy atom. The molecule has 0 unspecified atom stereocenters. The van der Waals surface area contributed by atoms with E-state index in [0.29, 0.717) is 0 Å². The lowest BCUT2D eigenvalue weighted by Crippen LogP contribution is -2.54. The van der Waals surface area contributed by atoms with Crippen LogP contribution in [0.2, 0.25) is 0 Å². The van der Waals surface area contributed by atoms with Crippen molar-refractivity contribution in [2.45, 2.75) is 25.9 Å². The molecule has 0 aromatic heterocycles. The molecule has 0 aliphatic carbocycles. The van der Waals surface area contributed by atoms with Crippen LogP contribution in [-0.4, -0.2) is 18.3 Å². The number of ether oxygens (including phenoxy) is 1. The zero-order chi connectivity index (χ0) is 15.6. The molecule has 0 aliphatic heterocycles. The van der Waals surface area contributed by atoms with E-state index in [2.05, 4.69) is 4.74 Å². The number of halogens is 6. The minimum Gasteiger partial charge on any atom is -0.460 e. The van der Waals surface area contributed by atoms with Crippen LogP contribution in [0, 0.1) is 5.41 Å². The van der Waals surface area contributed by atoms with E-state index >= 15 is 0 Å². The number of hydrogen-bond donors (Lipinski definition) is 0. The molecule has 1 aromatic carbocycles. The SMILES string of the molecule is CC(C(=O)OCc1ccccc1)(C(F)(F)F)C(F)(F)F. The van der Waals surface area contributed by atoms with Gasteiger partial charge in [-0.05, 0) is 12.5 Å². The predicted octanol–water partition coefficient (Wildman–Crippen LogP) is 3.86. The molecule has 1 aromatic rings. The van der Waals surface area contributed by atoms with Gasteiger partial charge >= 0.3 is 18.3 Å². The molecular weight excluding hydrogens is 290 g/mol. The Balaban J connectivity index is 2.92. The Kier molecular flexibility index (Phi) is 4.36. The first-order valence-corrected chi connectivity index (χ1v) is 5.35. The first-order chi connectivity index (χ1) is 9.00. The third-order valence-electron chi connectivity index (χ3n) is 2.75. The van der Waals surface area contributed by atoms with Gasteiger partial charge in [0.1, 0.15) is 6.61 Å². The number of alkyl halides is 6. The number of rotatable bonds is 3. The Morgan fingerprint density at radius 2 is 1.45 bits per heavy atom. The topological polar surface area (TPSA) is 26.3 Å². The Bertz CT molecular complexity index is 449. The summed E-state index contributed by atoms with van der Waals surface area (Å²) in [7, 11) is 0. The average Bonchev–Trinajstić information content (AvgIpc) is 2.33. The molecule has 0 fully saturated rings. The van der Waals surface area contributed by atoms with Gasteiger partial charge in [0.2, 0.25) is 0 Å².